The second kappa shape index (κ2) is 5.19. The highest BCUT2D eigenvalue weighted by molar-refractivity contribution is 7.96. The van der Waals surface area contributed by atoms with Crippen LogP contribution in [0.1, 0.15) is 13.3 Å². The minimum Gasteiger partial charge on any atom is -0.323 e. The number of thiol groups is 1. The van der Waals surface area contributed by atoms with Crippen molar-refractivity contribution in [1.29, 1.82) is 0 Å². The van der Waals surface area contributed by atoms with Crippen molar-refractivity contribution in [2.24, 2.45) is 0 Å². The van der Waals surface area contributed by atoms with Crippen molar-refractivity contribution in [2.75, 3.05) is 13.1 Å². The lowest BCUT2D eigenvalue weighted by molar-refractivity contribution is 0.229. The van der Waals surface area contributed by atoms with Gasteiger partial charge in [0.2, 0.25) is 0 Å². The minimum absolute atomic E-state index is 0.250. The Morgan fingerprint density at radius 1 is 1.80 bits per heavy atom. The molecule has 0 aromatic heterocycles. The van der Waals surface area contributed by atoms with Gasteiger partial charge in [-0.15, -0.1) is 6.42 Å². The molecule has 0 atom stereocenters. The molecule has 0 aromatic carbocycles. The number of hydrogen-bond donors (Lipinski definition) is 1. The van der Waals surface area contributed by atoms with E-state index in [4.69, 9.17) is 6.42 Å². The maximum absolute atomic E-state index is 10.6. The Morgan fingerprint density at radius 2 is 2.40 bits per heavy atom. The van der Waals surface area contributed by atoms with E-state index in [0.717, 1.165) is 6.42 Å². The predicted molar refractivity (Wildman–Crippen MR) is 45.1 cm³/mol. The molecular weight excluding hydrogens is 146 g/mol. The van der Waals surface area contributed by atoms with Gasteiger partial charge in [0.25, 0.3) is 5.24 Å². The number of carbonyl (C=O) groups is 1. The fraction of sp³-hybridized carbons (Fsp3) is 0.571. The second-order valence-corrected chi connectivity index (χ2v) is 2.29. The van der Waals surface area contributed by atoms with Gasteiger partial charge in [0.1, 0.15) is 0 Å². The summed E-state index contributed by atoms with van der Waals surface area (Å²) in [5, 5.41) is -0.250. The summed E-state index contributed by atoms with van der Waals surface area (Å²) in [6, 6.07) is 0. The van der Waals surface area contributed by atoms with E-state index in [-0.39, 0.29) is 5.24 Å². The van der Waals surface area contributed by atoms with Crippen molar-refractivity contribution in [3.63, 3.8) is 0 Å². The van der Waals surface area contributed by atoms with Crippen LogP contribution in [0.2, 0.25) is 0 Å². The topological polar surface area (TPSA) is 20.3 Å². The Kier molecular flexibility index (Phi) is 4.87. The molecule has 3 heteroatoms. The van der Waals surface area contributed by atoms with E-state index in [1.807, 2.05) is 6.92 Å². The largest absolute Gasteiger partial charge is 0.323 e. The molecule has 56 valence electrons. The first kappa shape index (κ1) is 9.38. The summed E-state index contributed by atoms with van der Waals surface area (Å²) >= 11 is 3.65. The Bertz CT molecular complexity index is 150. The van der Waals surface area contributed by atoms with E-state index in [9.17, 15) is 4.79 Å². The van der Waals surface area contributed by atoms with Crippen molar-refractivity contribution >= 4 is 17.9 Å². The monoisotopic (exact) mass is 157 g/mol. The zero-order valence-electron chi connectivity index (χ0n) is 6.00. The van der Waals surface area contributed by atoms with E-state index in [0.29, 0.717) is 13.1 Å². The molecule has 0 bridgehead atoms. The Labute approximate surface area is 67.0 Å². The van der Waals surface area contributed by atoms with E-state index < -0.39 is 0 Å². The molecule has 0 aliphatic heterocycles. The maximum atomic E-state index is 10.6. The van der Waals surface area contributed by atoms with Crippen LogP contribution in [0, 0.1) is 12.3 Å². The van der Waals surface area contributed by atoms with Crippen LogP contribution >= 0.6 is 12.6 Å². The van der Waals surface area contributed by atoms with Gasteiger partial charge in [-0.05, 0) is 6.42 Å². The molecule has 0 aliphatic carbocycles. The molecule has 0 aliphatic rings. The van der Waals surface area contributed by atoms with Crippen LogP contribution in [0.15, 0.2) is 0 Å². The average Bonchev–Trinajstić information content (AvgIpc) is 1.87. The van der Waals surface area contributed by atoms with Crippen molar-refractivity contribution in [3.05, 3.63) is 0 Å². The van der Waals surface area contributed by atoms with E-state index in [2.05, 4.69) is 18.5 Å². The molecule has 0 rings (SSSR count). The number of hydrogen-bond acceptors (Lipinski definition) is 1. The quantitative estimate of drug-likeness (QED) is 0.485. The van der Waals surface area contributed by atoms with Gasteiger partial charge in [0.15, 0.2) is 0 Å². The number of rotatable bonds is 3. The normalized spacial score (nSPS) is 8.50. The molecule has 0 fully saturated rings. The van der Waals surface area contributed by atoms with Gasteiger partial charge in [-0.25, -0.2) is 0 Å². The zero-order chi connectivity index (χ0) is 7.98. The first-order valence-electron chi connectivity index (χ1n) is 3.13. The fourth-order valence-electron chi connectivity index (χ4n) is 0.622. The predicted octanol–water partition coefficient (Wildman–Crippen LogP) is 1.38. The third kappa shape index (κ3) is 3.41. The molecule has 0 N–H and O–H groups in total. The Morgan fingerprint density at radius 3 is 2.70 bits per heavy atom. The van der Waals surface area contributed by atoms with Gasteiger partial charge in [-0.3, -0.25) is 4.79 Å². The van der Waals surface area contributed by atoms with Crippen LogP contribution in [0.25, 0.3) is 0 Å². The zero-order valence-corrected chi connectivity index (χ0v) is 6.90. The van der Waals surface area contributed by atoms with Gasteiger partial charge in [-0.1, -0.05) is 25.5 Å². The summed E-state index contributed by atoms with van der Waals surface area (Å²) in [4.78, 5) is 12.1. The highest BCUT2D eigenvalue weighted by Crippen LogP contribution is 1.95. The lowest BCUT2D eigenvalue weighted by atomic mass is 10.4. The molecule has 10 heavy (non-hydrogen) atoms. The number of terminal acetylenes is 1. The molecule has 0 spiro atoms. The van der Waals surface area contributed by atoms with Crippen LogP contribution in [-0.4, -0.2) is 23.2 Å². The minimum atomic E-state index is -0.250. The summed E-state index contributed by atoms with van der Waals surface area (Å²) in [7, 11) is 0. The standard InChI is InChI=1S/C7H11NOS/c1-3-5-8(6-4-2)7(9)10/h1H,4-6H2,2H3,(H,9,10). The summed E-state index contributed by atoms with van der Waals surface area (Å²) < 4.78 is 0. The fourth-order valence-corrected chi connectivity index (χ4v) is 0.793. The highest BCUT2D eigenvalue weighted by Gasteiger charge is 2.04. The van der Waals surface area contributed by atoms with Crippen molar-refractivity contribution in [2.45, 2.75) is 13.3 Å². The third-order valence-electron chi connectivity index (χ3n) is 1.05. The Hall–Kier alpha value is -0.620. The smallest absolute Gasteiger partial charge is 0.279 e. The molecular formula is C7H11NOS. The molecule has 0 heterocycles. The second-order valence-electron chi connectivity index (χ2n) is 1.91. The van der Waals surface area contributed by atoms with E-state index in [1.54, 1.807) is 0 Å². The van der Waals surface area contributed by atoms with Gasteiger partial charge < -0.3 is 4.90 Å². The molecule has 0 unspecified atom stereocenters. The molecule has 1 amide bonds. The van der Waals surface area contributed by atoms with Gasteiger partial charge in [0, 0.05) is 6.54 Å². The summed E-state index contributed by atoms with van der Waals surface area (Å²) in [5.41, 5.74) is 0. The molecule has 0 saturated carbocycles. The van der Waals surface area contributed by atoms with Crippen molar-refractivity contribution < 1.29 is 4.79 Å². The van der Waals surface area contributed by atoms with Gasteiger partial charge in [0.05, 0.1) is 6.54 Å². The molecule has 0 aromatic rings. The van der Waals surface area contributed by atoms with Crippen LogP contribution in [0.5, 0.6) is 0 Å². The molecule has 0 radical (unpaired) electrons. The van der Waals surface area contributed by atoms with Crippen molar-refractivity contribution in [1.82, 2.24) is 4.90 Å². The van der Waals surface area contributed by atoms with Crippen LogP contribution in [0.3, 0.4) is 0 Å². The van der Waals surface area contributed by atoms with E-state index >= 15 is 0 Å². The summed E-state index contributed by atoms with van der Waals surface area (Å²) in [6.07, 6.45) is 5.93. The van der Waals surface area contributed by atoms with Crippen molar-refractivity contribution in [3.8, 4) is 12.3 Å². The van der Waals surface area contributed by atoms with Gasteiger partial charge in [-0.2, -0.15) is 0 Å². The number of nitrogens with zero attached hydrogens (tertiary/aromatic N) is 1. The molecule has 2 nitrogen and oxygen atoms in total. The lowest BCUT2D eigenvalue weighted by Gasteiger charge is -2.15. The number of carbonyl (C=O) groups excluding carboxylic acids is 1. The van der Waals surface area contributed by atoms with Crippen LogP contribution in [-0.2, 0) is 0 Å². The maximum Gasteiger partial charge on any atom is 0.279 e. The molecule has 0 saturated heterocycles. The Balaban J connectivity index is 3.75. The highest BCUT2D eigenvalue weighted by atomic mass is 32.1. The summed E-state index contributed by atoms with van der Waals surface area (Å²) in [5.74, 6) is 2.39. The first-order chi connectivity index (χ1) is 4.72. The third-order valence-corrected chi connectivity index (χ3v) is 1.33. The van der Waals surface area contributed by atoms with Gasteiger partial charge >= 0.3 is 0 Å². The summed E-state index contributed by atoms with van der Waals surface area (Å²) in [6.45, 7) is 3.03. The van der Waals surface area contributed by atoms with Crippen LogP contribution in [0.4, 0.5) is 4.79 Å². The average molecular weight is 157 g/mol. The first-order valence-corrected chi connectivity index (χ1v) is 3.58. The SMILES string of the molecule is C#CCN(CCC)C(=O)S. The number of amides is 1. The lowest BCUT2D eigenvalue weighted by Crippen LogP contribution is -2.27. The van der Waals surface area contributed by atoms with Crippen LogP contribution < -0.4 is 0 Å². The van der Waals surface area contributed by atoms with E-state index in [1.165, 1.54) is 4.90 Å².